The molecule has 0 radical (unpaired) electrons. The van der Waals surface area contributed by atoms with Crippen molar-refractivity contribution in [2.75, 3.05) is 0 Å². The van der Waals surface area contributed by atoms with Gasteiger partial charge < -0.3 is 0 Å². The molecule has 0 fully saturated rings. The van der Waals surface area contributed by atoms with Crippen molar-refractivity contribution in [3.63, 3.8) is 0 Å². The van der Waals surface area contributed by atoms with Crippen LogP contribution in [0.1, 0.15) is 34.1 Å². The molecule has 0 heteroatoms. The van der Waals surface area contributed by atoms with Gasteiger partial charge in [0.2, 0.25) is 0 Å². The minimum atomic E-state index is 0.211. The zero-order valence-corrected chi connectivity index (χ0v) is 8.52. The Morgan fingerprint density at radius 1 is 1.25 bits per heavy atom. The topological polar surface area (TPSA) is 0 Å². The highest BCUT2D eigenvalue weighted by Crippen LogP contribution is 2.38. The van der Waals surface area contributed by atoms with Gasteiger partial charge in [0.15, 0.2) is 0 Å². The molecule has 1 aliphatic carbocycles. The molecule has 1 aliphatic rings. The van der Waals surface area contributed by atoms with Crippen LogP contribution in [0.25, 0.3) is 0 Å². The summed E-state index contributed by atoms with van der Waals surface area (Å²) in [4.78, 5) is 0. The Hall–Kier alpha value is -0.700. The van der Waals surface area contributed by atoms with E-state index >= 15 is 0 Å². The van der Waals surface area contributed by atoms with Crippen molar-refractivity contribution < 1.29 is 0 Å². The summed E-state index contributed by atoms with van der Waals surface area (Å²) in [7, 11) is 0. The third-order valence-electron chi connectivity index (χ3n) is 2.89. The molecule has 12 heavy (non-hydrogen) atoms. The molecule has 66 valence electrons. The minimum absolute atomic E-state index is 0.211. The highest BCUT2D eigenvalue weighted by atomic mass is 14.3. The van der Waals surface area contributed by atoms with E-state index in [1.807, 2.05) is 0 Å². The van der Waals surface area contributed by atoms with Crippen LogP contribution in [0.15, 0.2) is 23.6 Å². The highest BCUT2D eigenvalue weighted by Gasteiger charge is 2.31. The average Bonchev–Trinajstić information content (AvgIpc) is 2.37. The van der Waals surface area contributed by atoms with Crippen LogP contribution in [0, 0.1) is 17.3 Å². The molecular weight excluding hydrogens is 144 g/mol. The van der Waals surface area contributed by atoms with Crippen molar-refractivity contribution in [3.05, 3.63) is 23.6 Å². The molecule has 0 nitrogen and oxygen atoms in total. The van der Waals surface area contributed by atoms with Crippen LogP contribution in [0.5, 0.6) is 0 Å². The first-order chi connectivity index (χ1) is 5.60. The Kier molecular flexibility index (Phi) is 2.62. The summed E-state index contributed by atoms with van der Waals surface area (Å²) in [6.07, 6.45) is 5.53. The first-order valence-electron chi connectivity index (χ1n) is 4.80. The summed E-state index contributed by atoms with van der Waals surface area (Å²) in [5.74, 6) is 1.45. The van der Waals surface area contributed by atoms with E-state index in [4.69, 9.17) is 0 Å². The van der Waals surface area contributed by atoms with Gasteiger partial charge in [0.05, 0.1) is 0 Å². The number of rotatable bonds is 3. The summed E-state index contributed by atoms with van der Waals surface area (Å²) < 4.78 is 0. The monoisotopic (exact) mass is 162 g/mol. The van der Waals surface area contributed by atoms with Gasteiger partial charge in [-0.1, -0.05) is 45.6 Å². The van der Waals surface area contributed by atoms with Crippen LogP contribution in [-0.2, 0) is 0 Å². The van der Waals surface area contributed by atoms with E-state index in [0.717, 1.165) is 11.8 Å². The fourth-order valence-electron chi connectivity index (χ4n) is 2.28. The standard InChI is InChI=1S/C12H18/c1-5-11(10(2)3)12(4)8-6-7-9-12/h8-11H,5H2,1-4H3. The van der Waals surface area contributed by atoms with Gasteiger partial charge in [0.25, 0.3) is 0 Å². The van der Waals surface area contributed by atoms with Crippen molar-refractivity contribution in [3.8, 4) is 0 Å². The number of hydrogen-bond donors (Lipinski definition) is 0. The van der Waals surface area contributed by atoms with E-state index in [2.05, 4.69) is 51.3 Å². The summed E-state index contributed by atoms with van der Waals surface area (Å²) in [5, 5.41) is 0. The van der Waals surface area contributed by atoms with E-state index in [9.17, 15) is 0 Å². The fourth-order valence-corrected chi connectivity index (χ4v) is 2.28. The Balaban J connectivity index is 2.81. The summed E-state index contributed by atoms with van der Waals surface area (Å²) in [6.45, 7) is 9.11. The largest absolute Gasteiger partial charge is 0.0740 e. The maximum atomic E-state index is 3.05. The van der Waals surface area contributed by atoms with Crippen LogP contribution in [0.3, 0.4) is 0 Å². The molecule has 0 aromatic rings. The molecular formula is C12H18. The molecule has 1 unspecified atom stereocenters. The molecule has 0 N–H and O–H groups in total. The Bertz CT molecular complexity index is 229. The SMILES string of the molecule is CCC(C(C)C)C1(C)C=C=C=C1. The minimum Gasteiger partial charge on any atom is -0.0740 e. The van der Waals surface area contributed by atoms with Gasteiger partial charge in [-0.3, -0.25) is 0 Å². The summed E-state index contributed by atoms with van der Waals surface area (Å²) in [5.41, 5.74) is 6.32. The van der Waals surface area contributed by atoms with Crippen LogP contribution < -0.4 is 0 Å². The van der Waals surface area contributed by atoms with Crippen LogP contribution >= 0.6 is 0 Å². The number of allylic oxidation sites excluding steroid dienone is 2. The second-order valence-corrected chi connectivity index (χ2v) is 4.20. The van der Waals surface area contributed by atoms with Gasteiger partial charge in [0.1, 0.15) is 0 Å². The van der Waals surface area contributed by atoms with Crippen molar-refractivity contribution in [2.24, 2.45) is 17.3 Å². The van der Waals surface area contributed by atoms with E-state index in [1.165, 1.54) is 6.42 Å². The smallest absolute Gasteiger partial charge is 0.0227 e. The predicted octanol–water partition coefficient (Wildman–Crippen LogP) is 3.55. The Labute approximate surface area is 75.7 Å². The maximum absolute atomic E-state index is 3.05. The normalized spacial score (nSPS) is 20.8. The molecule has 0 saturated carbocycles. The van der Waals surface area contributed by atoms with Gasteiger partial charge in [-0.05, 0) is 24.0 Å². The van der Waals surface area contributed by atoms with Gasteiger partial charge >= 0.3 is 0 Å². The molecule has 0 saturated heterocycles. The van der Waals surface area contributed by atoms with Crippen LogP contribution in [0.4, 0.5) is 0 Å². The summed E-state index contributed by atoms with van der Waals surface area (Å²) in [6, 6.07) is 0. The van der Waals surface area contributed by atoms with Crippen molar-refractivity contribution in [2.45, 2.75) is 34.1 Å². The van der Waals surface area contributed by atoms with Crippen molar-refractivity contribution in [1.29, 1.82) is 0 Å². The quantitative estimate of drug-likeness (QED) is 0.557. The van der Waals surface area contributed by atoms with E-state index in [-0.39, 0.29) is 5.41 Å². The van der Waals surface area contributed by atoms with Gasteiger partial charge in [-0.2, -0.15) is 0 Å². The molecule has 1 rings (SSSR count). The first kappa shape index (κ1) is 9.39. The lowest BCUT2D eigenvalue weighted by Crippen LogP contribution is -2.26. The van der Waals surface area contributed by atoms with Gasteiger partial charge in [-0.25, -0.2) is 0 Å². The van der Waals surface area contributed by atoms with E-state index in [1.54, 1.807) is 0 Å². The second-order valence-electron chi connectivity index (χ2n) is 4.20. The van der Waals surface area contributed by atoms with Crippen LogP contribution in [0.2, 0.25) is 0 Å². The van der Waals surface area contributed by atoms with Crippen molar-refractivity contribution in [1.82, 2.24) is 0 Å². The van der Waals surface area contributed by atoms with Crippen molar-refractivity contribution >= 4 is 0 Å². The molecule has 0 amide bonds. The Morgan fingerprint density at radius 3 is 2.08 bits per heavy atom. The van der Waals surface area contributed by atoms with Gasteiger partial charge in [-0.15, -0.1) is 0 Å². The summed E-state index contributed by atoms with van der Waals surface area (Å²) >= 11 is 0. The third kappa shape index (κ3) is 1.55. The lowest BCUT2D eigenvalue weighted by atomic mass is 9.71. The fraction of sp³-hybridized carbons (Fsp3) is 0.667. The number of hydrogen-bond acceptors (Lipinski definition) is 0. The van der Waals surface area contributed by atoms with E-state index < -0.39 is 0 Å². The Morgan fingerprint density at radius 2 is 1.75 bits per heavy atom. The van der Waals surface area contributed by atoms with E-state index in [0.29, 0.717) is 0 Å². The molecule has 0 spiro atoms. The second kappa shape index (κ2) is 3.35. The average molecular weight is 162 g/mol. The zero-order chi connectivity index (χ0) is 9.19. The highest BCUT2D eigenvalue weighted by molar-refractivity contribution is 5.17. The van der Waals surface area contributed by atoms with Gasteiger partial charge in [0, 0.05) is 5.41 Å². The maximum Gasteiger partial charge on any atom is 0.0227 e. The first-order valence-corrected chi connectivity index (χ1v) is 4.80. The third-order valence-corrected chi connectivity index (χ3v) is 2.89. The zero-order valence-electron chi connectivity index (χ0n) is 8.52. The van der Waals surface area contributed by atoms with Crippen LogP contribution in [-0.4, -0.2) is 0 Å². The molecule has 0 aromatic heterocycles. The molecule has 0 aromatic carbocycles. The molecule has 0 bridgehead atoms. The molecule has 1 atom stereocenters. The molecule has 0 heterocycles. The lowest BCUT2D eigenvalue weighted by molar-refractivity contribution is 0.236. The lowest BCUT2D eigenvalue weighted by Gasteiger charge is -2.32. The molecule has 0 aliphatic heterocycles. The predicted molar refractivity (Wildman–Crippen MR) is 52.9 cm³/mol.